The van der Waals surface area contributed by atoms with Gasteiger partial charge in [-0.05, 0) is 47.5 Å². The van der Waals surface area contributed by atoms with Crippen LogP contribution >= 0.6 is 0 Å². The van der Waals surface area contributed by atoms with E-state index in [1.165, 1.54) is 17.0 Å². The number of amides is 2. The van der Waals surface area contributed by atoms with Crippen molar-refractivity contribution in [2.24, 2.45) is 0 Å². The van der Waals surface area contributed by atoms with Crippen LogP contribution in [0.1, 0.15) is 31.8 Å². The van der Waals surface area contributed by atoms with Gasteiger partial charge in [0.05, 0.1) is 17.7 Å². The number of carbonyl (C=O) groups excluding carboxylic acids is 2. The third kappa shape index (κ3) is 3.31. The van der Waals surface area contributed by atoms with E-state index in [9.17, 15) is 14.0 Å². The third-order valence-electron chi connectivity index (χ3n) is 4.53. The van der Waals surface area contributed by atoms with Crippen molar-refractivity contribution in [2.75, 3.05) is 0 Å². The zero-order valence-corrected chi connectivity index (χ0v) is 14.4. The van der Waals surface area contributed by atoms with Gasteiger partial charge in [-0.25, -0.2) is 4.39 Å². The largest absolute Gasteiger partial charge is 0.489 e. The van der Waals surface area contributed by atoms with Crippen molar-refractivity contribution in [1.82, 2.24) is 4.90 Å². The normalized spacial score (nSPS) is 13.0. The number of halogens is 1. The average Bonchev–Trinajstić information content (AvgIpc) is 2.94. The minimum atomic E-state index is -0.326. The summed E-state index contributed by atoms with van der Waals surface area (Å²) in [5, 5.41) is 0. The Morgan fingerprint density at radius 2 is 1.30 bits per heavy atom. The molecule has 5 heteroatoms. The van der Waals surface area contributed by atoms with Crippen LogP contribution in [-0.4, -0.2) is 16.7 Å². The quantitative estimate of drug-likeness (QED) is 0.640. The number of benzene rings is 3. The van der Waals surface area contributed by atoms with Gasteiger partial charge >= 0.3 is 0 Å². The predicted octanol–water partition coefficient (Wildman–Crippen LogP) is 4.20. The van der Waals surface area contributed by atoms with Crippen molar-refractivity contribution in [3.63, 3.8) is 0 Å². The maximum atomic E-state index is 13.0. The molecule has 0 saturated carbocycles. The molecule has 27 heavy (non-hydrogen) atoms. The maximum absolute atomic E-state index is 13.0. The molecule has 134 valence electrons. The highest BCUT2D eigenvalue weighted by atomic mass is 19.1. The van der Waals surface area contributed by atoms with Gasteiger partial charge in [-0.2, -0.15) is 0 Å². The fraction of sp³-hybridized carbons (Fsp3) is 0.0909. The lowest BCUT2D eigenvalue weighted by Gasteiger charge is -2.17. The molecule has 4 rings (SSSR count). The molecule has 0 saturated heterocycles. The highest BCUT2D eigenvalue weighted by Gasteiger charge is 2.35. The summed E-state index contributed by atoms with van der Waals surface area (Å²) >= 11 is 0. The summed E-state index contributed by atoms with van der Waals surface area (Å²) in [6, 6.07) is 20.1. The maximum Gasteiger partial charge on any atom is 0.261 e. The van der Waals surface area contributed by atoms with Crippen LogP contribution in [0, 0.1) is 5.82 Å². The molecule has 0 unspecified atom stereocenters. The molecule has 1 aliphatic rings. The van der Waals surface area contributed by atoms with E-state index >= 15 is 0 Å². The number of hydrogen-bond donors (Lipinski definition) is 0. The summed E-state index contributed by atoms with van der Waals surface area (Å²) in [7, 11) is 0. The Morgan fingerprint density at radius 3 is 1.93 bits per heavy atom. The van der Waals surface area contributed by atoms with Crippen LogP contribution in [0.25, 0.3) is 0 Å². The molecule has 0 aliphatic carbocycles. The number of fused-ring (bicyclic) bond motifs is 1. The standard InChI is InChI=1S/C22H16FNO3/c23-17-9-11-18(12-10-17)27-14-16-6-2-1-5-15(16)13-24-21(25)19-7-3-4-8-20(19)22(24)26/h1-12H,13-14H2. The third-order valence-corrected chi connectivity index (χ3v) is 4.53. The Hall–Kier alpha value is -3.47. The monoisotopic (exact) mass is 361 g/mol. The van der Waals surface area contributed by atoms with Crippen molar-refractivity contribution in [1.29, 1.82) is 0 Å². The van der Waals surface area contributed by atoms with Crippen LogP contribution in [0.4, 0.5) is 4.39 Å². The molecule has 2 amide bonds. The van der Waals surface area contributed by atoms with Crippen LogP contribution in [0.2, 0.25) is 0 Å². The SMILES string of the molecule is O=C1c2ccccc2C(=O)N1Cc1ccccc1COc1ccc(F)cc1. The molecule has 3 aromatic rings. The van der Waals surface area contributed by atoms with Gasteiger partial charge in [0, 0.05) is 0 Å². The first-order valence-electron chi connectivity index (χ1n) is 8.54. The van der Waals surface area contributed by atoms with Gasteiger partial charge in [-0.15, -0.1) is 0 Å². The molecule has 3 aromatic carbocycles. The molecule has 0 bridgehead atoms. The number of carbonyl (C=O) groups is 2. The average molecular weight is 361 g/mol. The van der Waals surface area contributed by atoms with Gasteiger partial charge in [0.25, 0.3) is 11.8 Å². The molecule has 4 nitrogen and oxygen atoms in total. The van der Waals surface area contributed by atoms with Gasteiger partial charge in [-0.1, -0.05) is 36.4 Å². The fourth-order valence-electron chi connectivity index (χ4n) is 3.10. The summed E-state index contributed by atoms with van der Waals surface area (Å²) in [5.74, 6) is -0.352. The van der Waals surface area contributed by atoms with Crippen molar-refractivity contribution < 1.29 is 18.7 Å². The van der Waals surface area contributed by atoms with E-state index < -0.39 is 0 Å². The van der Waals surface area contributed by atoms with E-state index in [-0.39, 0.29) is 30.8 Å². The van der Waals surface area contributed by atoms with Gasteiger partial charge < -0.3 is 4.74 Å². The first-order valence-corrected chi connectivity index (χ1v) is 8.54. The molecular weight excluding hydrogens is 345 g/mol. The highest BCUT2D eigenvalue weighted by molar-refractivity contribution is 6.21. The topological polar surface area (TPSA) is 46.6 Å². The van der Waals surface area contributed by atoms with Crippen LogP contribution in [0.3, 0.4) is 0 Å². The number of rotatable bonds is 5. The molecule has 1 aliphatic heterocycles. The van der Waals surface area contributed by atoms with E-state index in [2.05, 4.69) is 0 Å². The van der Waals surface area contributed by atoms with Crippen LogP contribution in [0.5, 0.6) is 5.75 Å². The van der Waals surface area contributed by atoms with Crippen molar-refractivity contribution >= 4 is 11.8 Å². The summed E-state index contributed by atoms with van der Waals surface area (Å²) in [5.41, 5.74) is 2.55. The second kappa shape index (κ2) is 7.03. The Kier molecular flexibility index (Phi) is 4.42. The number of nitrogens with zero attached hydrogens (tertiary/aromatic N) is 1. The smallest absolute Gasteiger partial charge is 0.261 e. The van der Waals surface area contributed by atoms with Crippen LogP contribution in [-0.2, 0) is 13.2 Å². The second-order valence-electron chi connectivity index (χ2n) is 6.25. The van der Waals surface area contributed by atoms with Gasteiger partial charge in [0.15, 0.2) is 0 Å². The molecule has 0 radical (unpaired) electrons. The van der Waals surface area contributed by atoms with Crippen molar-refractivity contribution in [2.45, 2.75) is 13.2 Å². The van der Waals surface area contributed by atoms with E-state index in [0.29, 0.717) is 16.9 Å². The summed E-state index contributed by atoms with van der Waals surface area (Å²) in [6.45, 7) is 0.431. The molecular formula is C22H16FNO3. The van der Waals surface area contributed by atoms with Gasteiger partial charge in [0.1, 0.15) is 18.2 Å². The zero-order valence-electron chi connectivity index (χ0n) is 14.4. The van der Waals surface area contributed by atoms with E-state index in [1.807, 2.05) is 24.3 Å². The molecule has 1 heterocycles. The fourth-order valence-corrected chi connectivity index (χ4v) is 3.10. The lowest BCUT2D eigenvalue weighted by atomic mass is 10.1. The van der Waals surface area contributed by atoms with Crippen molar-refractivity contribution in [3.05, 3.63) is 101 Å². The number of hydrogen-bond acceptors (Lipinski definition) is 3. The van der Waals surface area contributed by atoms with Crippen LogP contribution in [0.15, 0.2) is 72.8 Å². The van der Waals surface area contributed by atoms with E-state index in [0.717, 1.165) is 11.1 Å². The minimum absolute atomic E-state index is 0.176. The minimum Gasteiger partial charge on any atom is -0.489 e. The molecule has 0 aromatic heterocycles. The Morgan fingerprint density at radius 1 is 0.741 bits per heavy atom. The predicted molar refractivity (Wildman–Crippen MR) is 97.8 cm³/mol. The number of ether oxygens (including phenoxy) is 1. The Balaban J connectivity index is 1.53. The lowest BCUT2D eigenvalue weighted by Crippen LogP contribution is -2.29. The Labute approximate surface area is 155 Å². The Bertz CT molecular complexity index is 979. The van der Waals surface area contributed by atoms with Gasteiger partial charge in [0.2, 0.25) is 0 Å². The first kappa shape index (κ1) is 17.0. The number of imide groups is 1. The van der Waals surface area contributed by atoms with E-state index in [1.54, 1.807) is 36.4 Å². The van der Waals surface area contributed by atoms with Gasteiger partial charge in [-0.3, -0.25) is 14.5 Å². The lowest BCUT2D eigenvalue weighted by molar-refractivity contribution is 0.0641. The van der Waals surface area contributed by atoms with Crippen LogP contribution < -0.4 is 4.74 Å². The molecule has 0 N–H and O–H groups in total. The zero-order chi connectivity index (χ0) is 18.8. The summed E-state index contributed by atoms with van der Waals surface area (Å²) in [6.07, 6.45) is 0. The summed E-state index contributed by atoms with van der Waals surface area (Å²) < 4.78 is 18.7. The molecule has 0 spiro atoms. The highest BCUT2D eigenvalue weighted by Crippen LogP contribution is 2.25. The van der Waals surface area contributed by atoms with E-state index in [4.69, 9.17) is 4.74 Å². The van der Waals surface area contributed by atoms with Crippen molar-refractivity contribution in [3.8, 4) is 5.75 Å². The second-order valence-corrected chi connectivity index (χ2v) is 6.25. The molecule has 0 fully saturated rings. The summed E-state index contributed by atoms with van der Waals surface area (Å²) in [4.78, 5) is 26.4. The first-order chi connectivity index (χ1) is 13.1. The molecule has 0 atom stereocenters.